The molecule has 1 aliphatic rings. The molecule has 1 unspecified atom stereocenters. The summed E-state index contributed by atoms with van der Waals surface area (Å²) >= 11 is 0. The van der Waals surface area contributed by atoms with Crippen LogP contribution < -0.4 is 10.1 Å². The second-order valence-corrected chi connectivity index (χ2v) is 7.58. The number of ether oxygens (including phenoxy) is 1. The smallest absolute Gasteiger partial charge is 0.257 e. The van der Waals surface area contributed by atoms with Gasteiger partial charge in [0.15, 0.2) is 0 Å². The molecule has 3 rings (SSSR count). The SMILES string of the molecule is COc1cccc(CC(O)(C(=O)Nc2cc(C#N)n(C)c2)C2CCCCC2)c1. The van der Waals surface area contributed by atoms with Crippen LogP contribution in [-0.2, 0) is 18.3 Å². The Kier molecular flexibility index (Phi) is 6.05. The monoisotopic (exact) mass is 381 g/mol. The van der Waals surface area contributed by atoms with Gasteiger partial charge in [-0.15, -0.1) is 0 Å². The number of anilines is 1. The van der Waals surface area contributed by atoms with Crippen LogP contribution in [0, 0.1) is 17.2 Å². The zero-order valence-electron chi connectivity index (χ0n) is 16.4. The maximum atomic E-state index is 13.2. The Hall–Kier alpha value is -2.78. The van der Waals surface area contributed by atoms with Gasteiger partial charge in [-0.3, -0.25) is 4.79 Å². The minimum absolute atomic E-state index is 0.105. The Morgan fingerprint density at radius 3 is 2.75 bits per heavy atom. The van der Waals surface area contributed by atoms with Crippen molar-refractivity contribution < 1.29 is 14.6 Å². The number of aromatic nitrogens is 1. The molecule has 148 valence electrons. The lowest BCUT2D eigenvalue weighted by molar-refractivity contribution is -0.141. The molecule has 1 aromatic carbocycles. The van der Waals surface area contributed by atoms with Gasteiger partial charge in [-0.25, -0.2) is 0 Å². The Labute approximate surface area is 165 Å². The van der Waals surface area contributed by atoms with Crippen molar-refractivity contribution in [1.29, 1.82) is 5.26 Å². The van der Waals surface area contributed by atoms with Crippen molar-refractivity contribution in [3.05, 3.63) is 47.8 Å². The average Bonchev–Trinajstić information content (AvgIpc) is 3.07. The van der Waals surface area contributed by atoms with Crippen molar-refractivity contribution in [2.45, 2.75) is 44.1 Å². The van der Waals surface area contributed by atoms with E-state index in [1.165, 1.54) is 0 Å². The van der Waals surface area contributed by atoms with Gasteiger partial charge in [0.1, 0.15) is 23.1 Å². The molecule has 1 saturated carbocycles. The largest absolute Gasteiger partial charge is 0.497 e. The van der Waals surface area contributed by atoms with Crippen LogP contribution in [-0.4, -0.2) is 28.3 Å². The summed E-state index contributed by atoms with van der Waals surface area (Å²) < 4.78 is 6.93. The van der Waals surface area contributed by atoms with Crippen molar-refractivity contribution in [2.24, 2.45) is 13.0 Å². The summed E-state index contributed by atoms with van der Waals surface area (Å²) in [7, 11) is 3.35. The van der Waals surface area contributed by atoms with Crippen molar-refractivity contribution >= 4 is 11.6 Å². The molecule has 28 heavy (non-hydrogen) atoms. The molecule has 2 aromatic rings. The zero-order chi connectivity index (χ0) is 20.1. The summed E-state index contributed by atoms with van der Waals surface area (Å²) in [5, 5.41) is 23.6. The summed E-state index contributed by atoms with van der Waals surface area (Å²) in [6.45, 7) is 0. The quantitative estimate of drug-likeness (QED) is 0.803. The Bertz CT molecular complexity index is 877. The van der Waals surface area contributed by atoms with Crippen LogP contribution in [0.25, 0.3) is 0 Å². The highest BCUT2D eigenvalue weighted by atomic mass is 16.5. The minimum Gasteiger partial charge on any atom is -0.497 e. The van der Waals surface area contributed by atoms with Crippen LogP contribution in [0.3, 0.4) is 0 Å². The molecule has 6 heteroatoms. The van der Waals surface area contributed by atoms with E-state index in [1.54, 1.807) is 31.0 Å². The molecule has 0 aliphatic heterocycles. The number of methoxy groups -OCH3 is 1. The fraction of sp³-hybridized carbons (Fsp3) is 0.455. The fourth-order valence-electron chi connectivity index (χ4n) is 4.07. The number of benzene rings is 1. The molecule has 6 nitrogen and oxygen atoms in total. The molecule has 1 heterocycles. The summed E-state index contributed by atoms with van der Waals surface area (Å²) in [6.07, 6.45) is 6.72. The second-order valence-electron chi connectivity index (χ2n) is 7.58. The van der Waals surface area contributed by atoms with Crippen LogP contribution in [0.5, 0.6) is 5.75 Å². The van der Waals surface area contributed by atoms with Crippen LogP contribution in [0.4, 0.5) is 5.69 Å². The van der Waals surface area contributed by atoms with Gasteiger partial charge in [0, 0.05) is 19.7 Å². The predicted molar refractivity (Wildman–Crippen MR) is 107 cm³/mol. The Balaban J connectivity index is 1.88. The van der Waals surface area contributed by atoms with E-state index in [0.717, 1.165) is 37.7 Å². The van der Waals surface area contributed by atoms with Gasteiger partial charge in [0.05, 0.1) is 12.8 Å². The number of aliphatic hydroxyl groups is 1. The number of nitrogens with one attached hydrogen (secondary N) is 1. The second kappa shape index (κ2) is 8.49. The van der Waals surface area contributed by atoms with E-state index >= 15 is 0 Å². The van der Waals surface area contributed by atoms with Crippen LogP contribution in [0.15, 0.2) is 36.5 Å². The topological polar surface area (TPSA) is 87.3 Å². The van der Waals surface area contributed by atoms with Gasteiger partial charge < -0.3 is 19.7 Å². The number of carbonyl (C=O) groups is 1. The summed E-state index contributed by atoms with van der Waals surface area (Å²) in [5.41, 5.74) is 0.302. The van der Waals surface area contributed by atoms with E-state index in [9.17, 15) is 9.90 Å². The van der Waals surface area contributed by atoms with Gasteiger partial charge in [0.2, 0.25) is 0 Å². The molecule has 0 radical (unpaired) electrons. The van der Waals surface area contributed by atoms with Gasteiger partial charge in [-0.2, -0.15) is 5.26 Å². The predicted octanol–water partition coefficient (Wildman–Crippen LogP) is 3.40. The molecule has 0 bridgehead atoms. The highest BCUT2D eigenvalue weighted by molar-refractivity contribution is 5.97. The number of hydrogen-bond donors (Lipinski definition) is 2. The van der Waals surface area contributed by atoms with Crippen LogP contribution in [0.1, 0.15) is 43.4 Å². The molecular formula is C22H27N3O3. The molecule has 2 N–H and O–H groups in total. The summed E-state index contributed by atoms with van der Waals surface area (Å²) in [5.74, 6) is 0.175. The lowest BCUT2D eigenvalue weighted by atomic mass is 9.73. The first-order valence-corrected chi connectivity index (χ1v) is 9.69. The Morgan fingerprint density at radius 2 is 2.11 bits per heavy atom. The zero-order valence-corrected chi connectivity index (χ0v) is 16.4. The van der Waals surface area contributed by atoms with E-state index in [-0.39, 0.29) is 12.3 Å². The molecule has 0 saturated heterocycles. The maximum absolute atomic E-state index is 13.2. The third-order valence-corrected chi connectivity index (χ3v) is 5.66. The van der Waals surface area contributed by atoms with Crippen molar-refractivity contribution in [2.75, 3.05) is 12.4 Å². The minimum atomic E-state index is -1.52. The molecule has 1 fully saturated rings. The van der Waals surface area contributed by atoms with Crippen molar-refractivity contribution in [3.63, 3.8) is 0 Å². The van der Waals surface area contributed by atoms with Gasteiger partial charge in [0.25, 0.3) is 5.91 Å². The number of hydrogen-bond acceptors (Lipinski definition) is 4. The lowest BCUT2D eigenvalue weighted by Gasteiger charge is -2.37. The van der Waals surface area contributed by atoms with Gasteiger partial charge >= 0.3 is 0 Å². The highest BCUT2D eigenvalue weighted by Gasteiger charge is 2.44. The van der Waals surface area contributed by atoms with Gasteiger partial charge in [-0.1, -0.05) is 31.4 Å². The Morgan fingerprint density at radius 1 is 1.36 bits per heavy atom. The number of amides is 1. The first kappa shape index (κ1) is 20.0. The van der Waals surface area contributed by atoms with E-state index in [2.05, 4.69) is 11.4 Å². The first-order valence-electron chi connectivity index (χ1n) is 9.69. The normalized spacial score (nSPS) is 16.8. The lowest BCUT2D eigenvalue weighted by Crippen LogP contribution is -2.51. The fourth-order valence-corrected chi connectivity index (χ4v) is 4.07. The van der Waals surface area contributed by atoms with Gasteiger partial charge in [-0.05, 0) is 42.5 Å². The molecule has 0 spiro atoms. The molecule has 1 atom stereocenters. The highest BCUT2D eigenvalue weighted by Crippen LogP contribution is 2.36. The van der Waals surface area contributed by atoms with E-state index in [0.29, 0.717) is 17.1 Å². The van der Waals surface area contributed by atoms with Crippen LogP contribution >= 0.6 is 0 Å². The summed E-state index contributed by atoms with van der Waals surface area (Å²) in [6, 6.07) is 11.2. The number of rotatable bonds is 6. The number of nitriles is 1. The average molecular weight is 381 g/mol. The van der Waals surface area contributed by atoms with E-state index in [1.807, 2.05) is 24.3 Å². The third kappa shape index (κ3) is 4.20. The van der Waals surface area contributed by atoms with Crippen molar-refractivity contribution in [3.8, 4) is 11.8 Å². The molecule has 1 aliphatic carbocycles. The summed E-state index contributed by atoms with van der Waals surface area (Å²) in [4.78, 5) is 13.2. The number of nitrogens with zero attached hydrogens (tertiary/aromatic N) is 2. The number of aryl methyl sites for hydroxylation is 1. The first-order chi connectivity index (χ1) is 13.5. The standard InChI is InChI=1S/C22H27N3O3/c1-25-15-18(12-19(25)14-23)24-21(26)22(27,17-8-4-3-5-9-17)13-16-7-6-10-20(11-16)28-2/h6-7,10-12,15,17,27H,3-5,8-9,13H2,1-2H3,(H,24,26). The molecule has 1 aromatic heterocycles. The molecule has 1 amide bonds. The third-order valence-electron chi connectivity index (χ3n) is 5.66. The van der Waals surface area contributed by atoms with E-state index in [4.69, 9.17) is 10.00 Å². The maximum Gasteiger partial charge on any atom is 0.257 e. The molecular weight excluding hydrogens is 354 g/mol. The van der Waals surface area contributed by atoms with E-state index < -0.39 is 11.5 Å². The number of carbonyl (C=O) groups excluding carboxylic acids is 1. The van der Waals surface area contributed by atoms with Crippen LogP contribution in [0.2, 0.25) is 0 Å². The van der Waals surface area contributed by atoms with Crippen molar-refractivity contribution in [1.82, 2.24) is 4.57 Å².